The highest BCUT2D eigenvalue weighted by atomic mass is 19.4. The molecule has 0 saturated heterocycles. The summed E-state index contributed by atoms with van der Waals surface area (Å²) in [5.41, 5.74) is 0.775. The molecule has 3 aromatic rings. The maximum Gasteiger partial charge on any atom is 0.433 e. The number of alkyl halides is 3. The standard InChI is InChI=1S/C17H19F3N6O/c1-5-25-9-12(11(3)22-25)8-24(4)16(27)13-7-15-21-10(2)6-14(17(18,19)20)26(15)23-13/h6-7,9H,5,8H2,1-4H3. The lowest BCUT2D eigenvalue weighted by molar-refractivity contribution is -0.142. The van der Waals surface area contributed by atoms with Crippen molar-refractivity contribution in [2.75, 3.05) is 7.05 Å². The van der Waals surface area contributed by atoms with Gasteiger partial charge in [-0.05, 0) is 26.8 Å². The van der Waals surface area contributed by atoms with Crippen LogP contribution in [0.25, 0.3) is 5.65 Å². The Morgan fingerprint density at radius 2 is 1.93 bits per heavy atom. The number of aryl methyl sites for hydroxylation is 3. The third-order valence-corrected chi connectivity index (χ3v) is 4.19. The van der Waals surface area contributed by atoms with Gasteiger partial charge in [0.2, 0.25) is 0 Å². The maximum absolute atomic E-state index is 13.2. The van der Waals surface area contributed by atoms with Crippen LogP contribution >= 0.6 is 0 Å². The number of carbonyl (C=O) groups excluding carboxylic acids is 1. The first-order valence-corrected chi connectivity index (χ1v) is 8.33. The Kier molecular flexibility index (Phi) is 4.66. The van der Waals surface area contributed by atoms with Gasteiger partial charge in [-0.3, -0.25) is 9.48 Å². The van der Waals surface area contributed by atoms with Gasteiger partial charge in [0.05, 0.1) is 5.69 Å². The predicted molar refractivity (Wildman–Crippen MR) is 91.2 cm³/mol. The summed E-state index contributed by atoms with van der Waals surface area (Å²) in [5.74, 6) is -0.491. The predicted octanol–water partition coefficient (Wildman–Crippen LogP) is 2.85. The average Bonchev–Trinajstić information content (AvgIpc) is 3.15. The molecule has 0 spiro atoms. The number of hydrogen-bond donors (Lipinski definition) is 0. The van der Waals surface area contributed by atoms with Crippen molar-refractivity contribution in [2.45, 2.75) is 40.0 Å². The topological polar surface area (TPSA) is 68.3 Å². The molecule has 0 aromatic carbocycles. The molecule has 0 N–H and O–H groups in total. The average molecular weight is 380 g/mol. The lowest BCUT2D eigenvalue weighted by atomic mass is 10.2. The minimum absolute atomic E-state index is 0.0194. The van der Waals surface area contributed by atoms with E-state index in [1.54, 1.807) is 11.7 Å². The van der Waals surface area contributed by atoms with Gasteiger partial charge in [0, 0.05) is 43.7 Å². The van der Waals surface area contributed by atoms with E-state index in [9.17, 15) is 18.0 Å². The monoisotopic (exact) mass is 380 g/mol. The molecule has 0 aliphatic rings. The molecule has 0 atom stereocenters. The normalized spacial score (nSPS) is 12.0. The highest BCUT2D eigenvalue weighted by molar-refractivity contribution is 5.93. The number of nitrogens with zero attached hydrogens (tertiary/aromatic N) is 6. The molecular formula is C17H19F3N6O. The summed E-state index contributed by atoms with van der Waals surface area (Å²) < 4.78 is 42.1. The van der Waals surface area contributed by atoms with Crippen LogP contribution in [0.4, 0.5) is 13.2 Å². The Morgan fingerprint density at radius 3 is 2.52 bits per heavy atom. The minimum Gasteiger partial charge on any atom is -0.336 e. The second kappa shape index (κ2) is 6.67. The van der Waals surface area contributed by atoms with Gasteiger partial charge in [0.25, 0.3) is 5.91 Å². The lowest BCUT2D eigenvalue weighted by Crippen LogP contribution is -2.27. The molecule has 3 aromatic heterocycles. The number of fused-ring (bicyclic) bond motifs is 1. The molecule has 27 heavy (non-hydrogen) atoms. The summed E-state index contributed by atoms with van der Waals surface area (Å²) in [7, 11) is 1.57. The highest BCUT2D eigenvalue weighted by Gasteiger charge is 2.35. The van der Waals surface area contributed by atoms with Crippen LogP contribution in [0.2, 0.25) is 0 Å². The molecule has 3 heterocycles. The zero-order chi connectivity index (χ0) is 19.9. The summed E-state index contributed by atoms with van der Waals surface area (Å²) >= 11 is 0. The van der Waals surface area contributed by atoms with Crippen LogP contribution in [0.5, 0.6) is 0 Å². The summed E-state index contributed by atoms with van der Waals surface area (Å²) in [6, 6.07) is 2.17. The van der Waals surface area contributed by atoms with Crippen LogP contribution < -0.4 is 0 Å². The first-order valence-electron chi connectivity index (χ1n) is 8.33. The van der Waals surface area contributed by atoms with Crippen LogP contribution in [0.3, 0.4) is 0 Å². The van der Waals surface area contributed by atoms with E-state index < -0.39 is 17.8 Å². The van der Waals surface area contributed by atoms with Crippen LogP contribution in [0, 0.1) is 13.8 Å². The van der Waals surface area contributed by atoms with Crippen LogP contribution in [0.15, 0.2) is 18.3 Å². The first kappa shape index (κ1) is 18.9. The Balaban J connectivity index is 1.92. The van der Waals surface area contributed by atoms with Crippen LogP contribution in [-0.2, 0) is 19.3 Å². The summed E-state index contributed by atoms with van der Waals surface area (Å²) in [6.07, 6.45) is -2.76. The first-order chi connectivity index (χ1) is 12.6. The van der Waals surface area contributed by atoms with Crippen molar-refractivity contribution in [3.05, 3.63) is 46.7 Å². The van der Waals surface area contributed by atoms with E-state index in [1.165, 1.54) is 17.9 Å². The fourth-order valence-electron chi connectivity index (χ4n) is 2.81. The number of halogens is 3. The SMILES string of the molecule is CCn1cc(CN(C)C(=O)c2cc3nc(C)cc(C(F)(F)F)n3n2)c(C)n1. The third kappa shape index (κ3) is 3.64. The van der Waals surface area contributed by atoms with Gasteiger partial charge in [0.1, 0.15) is 5.69 Å². The number of aromatic nitrogens is 5. The van der Waals surface area contributed by atoms with Crippen LogP contribution in [0.1, 0.15) is 40.1 Å². The van der Waals surface area contributed by atoms with Crippen molar-refractivity contribution in [3.63, 3.8) is 0 Å². The van der Waals surface area contributed by atoms with E-state index in [4.69, 9.17) is 0 Å². The Morgan fingerprint density at radius 1 is 1.22 bits per heavy atom. The van der Waals surface area contributed by atoms with Crippen molar-refractivity contribution in [3.8, 4) is 0 Å². The fraction of sp³-hybridized carbons (Fsp3) is 0.412. The Hall–Kier alpha value is -2.91. The second-order valence-corrected chi connectivity index (χ2v) is 6.34. The molecule has 0 unspecified atom stereocenters. The van der Waals surface area contributed by atoms with Gasteiger partial charge in [-0.2, -0.15) is 23.4 Å². The minimum atomic E-state index is -4.60. The Bertz CT molecular complexity index is 1000. The van der Waals surface area contributed by atoms with Crippen molar-refractivity contribution in [2.24, 2.45) is 0 Å². The molecule has 1 amide bonds. The summed E-state index contributed by atoms with van der Waals surface area (Å²) in [5, 5.41) is 8.17. The van der Waals surface area contributed by atoms with E-state index in [0.717, 1.165) is 17.3 Å². The van der Waals surface area contributed by atoms with E-state index in [1.807, 2.05) is 20.0 Å². The van der Waals surface area contributed by atoms with Crippen molar-refractivity contribution < 1.29 is 18.0 Å². The van der Waals surface area contributed by atoms with Gasteiger partial charge in [-0.25, -0.2) is 9.50 Å². The zero-order valence-electron chi connectivity index (χ0n) is 15.4. The van der Waals surface area contributed by atoms with Gasteiger partial charge in [-0.1, -0.05) is 0 Å². The van der Waals surface area contributed by atoms with Crippen LogP contribution in [-0.4, -0.2) is 42.2 Å². The molecule has 0 bridgehead atoms. The van der Waals surface area contributed by atoms with E-state index in [2.05, 4.69) is 15.2 Å². The molecule has 0 aliphatic carbocycles. The van der Waals surface area contributed by atoms with Crippen molar-refractivity contribution >= 4 is 11.6 Å². The zero-order valence-corrected chi connectivity index (χ0v) is 15.4. The van der Waals surface area contributed by atoms with Crippen molar-refractivity contribution in [1.82, 2.24) is 29.3 Å². The fourth-order valence-corrected chi connectivity index (χ4v) is 2.81. The third-order valence-electron chi connectivity index (χ3n) is 4.19. The Labute approximate surface area is 153 Å². The maximum atomic E-state index is 13.2. The summed E-state index contributed by atoms with van der Waals surface area (Å²) in [4.78, 5) is 18.1. The molecule has 0 radical (unpaired) electrons. The molecule has 0 saturated carbocycles. The highest BCUT2D eigenvalue weighted by Crippen LogP contribution is 2.30. The summed E-state index contributed by atoms with van der Waals surface area (Å²) in [6.45, 7) is 6.24. The molecule has 0 aliphatic heterocycles. The lowest BCUT2D eigenvalue weighted by Gasteiger charge is -2.15. The molecule has 3 rings (SSSR count). The van der Waals surface area contributed by atoms with Crippen molar-refractivity contribution in [1.29, 1.82) is 0 Å². The number of amides is 1. The largest absolute Gasteiger partial charge is 0.433 e. The molecule has 10 heteroatoms. The van der Waals surface area contributed by atoms with E-state index >= 15 is 0 Å². The molecule has 144 valence electrons. The van der Waals surface area contributed by atoms with E-state index in [-0.39, 0.29) is 23.6 Å². The molecule has 7 nitrogen and oxygen atoms in total. The smallest absolute Gasteiger partial charge is 0.336 e. The van der Waals surface area contributed by atoms with Gasteiger partial charge >= 0.3 is 6.18 Å². The van der Waals surface area contributed by atoms with Gasteiger partial charge in [0.15, 0.2) is 11.3 Å². The van der Waals surface area contributed by atoms with E-state index in [0.29, 0.717) is 11.1 Å². The second-order valence-electron chi connectivity index (χ2n) is 6.34. The van der Waals surface area contributed by atoms with Gasteiger partial charge < -0.3 is 4.90 Å². The molecule has 0 fully saturated rings. The number of carbonyl (C=O) groups is 1. The molecular weight excluding hydrogens is 361 g/mol. The number of rotatable bonds is 4. The number of hydrogen-bond acceptors (Lipinski definition) is 4. The quantitative estimate of drug-likeness (QED) is 0.698. The van der Waals surface area contributed by atoms with Gasteiger partial charge in [-0.15, -0.1) is 0 Å².